The van der Waals surface area contributed by atoms with E-state index in [0.29, 0.717) is 0 Å². The van der Waals surface area contributed by atoms with Crippen molar-refractivity contribution in [1.29, 1.82) is 0 Å². The number of aryl methyl sites for hydroxylation is 1. The smallest absolute Gasteiger partial charge is 0.197 e. The van der Waals surface area contributed by atoms with E-state index in [1.54, 1.807) is 12.1 Å². The van der Waals surface area contributed by atoms with Crippen LogP contribution < -0.4 is 0 Å². The van der Waals surface area contributed by atoms with E-state index in [1.165, 1.54) is 21.4 Å². The first-order chi connectivity index (χ1) is 6.04. The largest absolute Gasteiger partial charge is 0.283 e. The van der Waals surface area contributed by atoms with Gasteiger partial charge in [-0.3, -0.25) is 0 Å². The predicted octanol–water partition coefficient (Wildman–Crippen LogP) is 3.56. The van der Waals surface area contributed by atoms with Crippen molar-refractivity contribution < 1.29 is 8.78 Å². The van der Waals surface area contributed by atoms with Crippen molar-refractivity contribution in [3.05, 3.63) is 35.4 Å². The molecular weight excluding hydrogens is 189 g/mol. The quantitative estimate of drug-likeness (QED) is 0.657. The van der Waals surface area contributed by atoms with Gasteiger partial charge in [0.1, 0.15) is 0 Å². The fourth-order valence-electron chi connectivity index (χ4n) is 1.18. The van der Waals surface area contributed by atoms with E-state index in [2.05, 4.69) is 6.92 Å². The lowest BCUT2D eigenvalue weighted by molar-refractivity contribution is 0.104. The van der Waals surface area contributed by atoms with Crippen molar-refractivity contribution in [2.45, 2.75) is 25.4 Å². The fourth-order valence-corrected chi connectivity index (χ4v) is 1.37. The van der Waals surface area contributed by atoms with Gasteiger partial charge in [-0.1, -0.05) is 46.8 Å². The summed E-state index contributed by atoms with van der Waals surface area (Å²) in [5.74, 6) is 0. The van der Waals surface area contributed by atoms with Crippen LogP contribution in [-0.4, -0.2) is 0 Å². The molecule has 0 amide bonds. The van der Waals surface area contributed by atoms with Gasteiger partial charge in [0.05, 0.1) is 0 Å². The zero-order chi connectivity index (χ0) is 9.90. The van der Waals surface area contributed by atoms with E-state index in [0.717, 1.165) is 18.4 Å². The average Bonchev–Trinajstić information content (AvgIpc) is 2.04. The lowest BCUT2D eigenvalue weighted by Gasteiger charge is -2.10. The van der Waals surface area contributed by atoms with Crippen molar-refractivity contribution in [1.82, 2.24) is 0 Å². The topological polar surface area (TPSA) is 0 Å². The molecule has 0 aromatic heterocycles. The lowest BCUT2D eigenvalue weighted by Crippen LogP contribution is -2.01. The summed E-state index contributed by atoms with van der Waals surface area (Å²) in [6, 6.07) is 6.49. The van der Waals surface area contributed by atoms with E-state index in [1.807, 2.05) is 0 Å². The number of rotatable bonds is 3. The highest BCUT2D eigenvalue weighted by atomic mass is 31.0. The van der Waals surface area contributed by atoms with Gasteiger partial charge in [-0.05, 0) is 12.0 Å². The molecule has 0 spiro atoms. The Balaban J connectivity index is 2.81. The van der Waals surface area contributed by atoms with Gasteiger partial charge in [0.25, 0.3) is 5.66 Å². The Kier molecular flexibility index (Phi) is 3.38. The van der Waals surface area contributed by atoms with Gasteiger partial charge in [0.2, 0.25) is 0 Å². The van der Waals surface area contributed by atoms with Gasteiger partial charge < -0.3 is 0 Å². The molecule has 0 aliphatic rings. The minimum Gasteiger partial charge on any atom is -0.197 e. The SMILES string of the molecule is CCCc1ccc(C(F)(F)P)cc1. The monoisotopic (exact) mass is 202 g/mol. The molecule has 0 aliphatic carbocycles. The molecule has 0 nitrogen and oxygen atoms in total. The van der Waals surface area contributed by atoms with E-state index in [9.17, 15) is 8.78 Å². The highest BCUT2D eigenvalue weighted by molar-refractivity contribution is 7.17. The van der Waals surface area contributed by atoms with Crippen molar-refractivity contribution >= 4 is 9.24 Å². The summed E-state index contributed by atoms with van der Waals surface area (Å²) in [6.45, 7) is 2.07. The second-order valence-electron chi connectivity index (χ2n) is 3.07. The second kappa shape index (κ2) is 4.15. The molecule has 0 heterocycles. The van der Waals surface area contributed by atoms with Crippen LogP contribution in [0, 0.1) is 0 Å². The Morgan fingerprint density at radius 1 is 1.23 bits per heavy atom. The molecule has 0 N–H and O–H groups in total. The van der Waals surface area contributed by atoms with Crippen LogP contribution in [0.2, 0.25) is 0 Å². The summed E-state index contributed by atoms with van der Waals surface area (Å²) in [6.07, 6.45) is 1.99. The summed E-state index contributed by atoms with van der Waals surface area (Å²) >= 11 is 0. The summed E-state index contributed by atoms with van der Waals surface area (Å²) in [4.78, 5) is 0. The summed E-state index contributed by atoms with van der Waals surface area (Å²) < 4.78 is 25.5. The van der Waals surface area contributed by atoms with Gasteiger partial charge in [-0.25, -0.2) is 0 Å². The number of hydrogen-bond acceptors (Lipinski definition) is 0. The molecule has 0 bridgehead atoms. The van der Waals surface area contributed by atoms with Crippen molar-refractivity contribution in [2.24, 2.45) is 0 Å². The maximum Gasteiger partial charge on any atom is 0.283 e. The zero-order valence-electron chi connectivity index (χ0n) is 7.56. The Morgan fingerprint density at radius 2 is 1.77 bits per heavy atom. The summed E-state index contributed by atoms with van der Waals surface area (Å²) in [7, 11) is 1.54. The Labute approximate surface area is 79.6 Å². The molecule has 1 unspecified atom stereocenters. The molecule has 1 aromatic carbocycles. The molecule has 13 heavy (non-hydrogen) atoms. The normalized spacial score (nSPS) is 11.7. The highest BCUT2D eigenvalue weighted by Gasteiger charge is 2.23. The van der Waals surface area contributed by atoms with Crippen LogP contribution in [0.4, 0.5) is 8.78 Å². The zero-order valence-corrected chi connectivity index (χ0v) is 8.71. The number of benzene rings is 1. The van der Waals surface area contributed by atoms with Crippen LogP contribution in [-0.2, 0) is 12.1 Å². The third kappa shape index (κ3) is 3.04. The second-order valence-corrected chi connectivity index (χ2v) is 3.80. The van der Waals surface area contributed by atoms with Crippen LogP contribution >= 0.6 is 9.24 Å². The van der Waals surface area contributed by atoms with Crippen LogP contribution in [0.15, 0.2) is 24.3 Å². The van der Waals surface area contributed by atoms with Gasteiger partial charge >= 0.3 is 0 Å². The maximum atomic E-state index is 12.7. The van der Waals surface area contributed by atoms with Crippen LogP contribution in [0.25, 0.3) is 0 Å². The summed E-state index contributed by atoms with van der Waals surface area (Å²) in [5, 5.41) is 0. The number of halogens is 2. The van der Waals surface area contributed by atoms with Crippen molar-refractivity contribution in [3.8, 4) is 0 Å². The number of alkyl halides is 2. The van der Waals surface area contributed by atoms with Crippen LogP contribution in [0.3, 0.4) is 0 Å². The van der Waals surface area contributed by atoms with Crippen LogP contribution in [0.5, 0.6) is 0 Å². The van der Waals surface area contributed by atoms with Crippen LogP contribution in [0.1, 0.15) is 24.5 Å². The number of hydrogen-bond donors (Lipinski definition) is 0. The van der Waals surface area contributed by atoms with E-state index >= 15 is 0 Å². The molecule has 72 valence electrons. The molecule has 0 radical (unpaired) electrons. The van der Waals surface area contributed by atoms with Crippen molar-refractivity contribution in [2.75, 3.05) is 0 Å². The first-order valence-electron chi connectivity index (χ1n) is 4.30. The Morgan fingerprint density at radius 3 is 2.15 bits per heavy atom. The fraction of sp³-hybridized carbons (Fsp3) is 0.400. The van der Waals surface area contributed by atoms with E-state index in [-0.39, 0.29) is 5.56 Å². The van der Waals surface area contributed by atoms with E-state index in [4.69, 9.17) is 0 Å². The minimum absolute atomic E-state index is 0.0531. The molecule has 0 saturated carbocycles. The van der Waals surface area contributed by atoms with Gasteiger partial charge in [0, 0.05) is 5.56 Å². The molecule has 1 atom stereocenters. The molecule has 1 rings (SSSR count). The Bertz CT molecular complexity index is 261. The van der Waals surface area contributed by atoms with Gasteiger partial charge in [-0.2, -0.15) is 8.78 Å². The third-order valence-electron chi connectivity index (χ3n) is 1.88. The average molecular weight is 202 g/mol. The van der Waals surface area contributed by atoms with Crippen molar-refractivity contribution in [3.63, 3.8) is 0 Å². The van der Waals surface area contributed by atoms with Gasteiger partial charge in [-0.15, -0.1) is 0 Å². The van der Waals surface area contributed by atoms with E-state index < -0.39 is 5.66 Å². The van der Waals surface area contributed by atoms with Gasteiger partial charge in [0.15, 0.2) is 0 Å². The molecular formula is C10H13F2P. The molecule has 0 fully saturated rings. The molecule has 1 aromatic rings. The molecule has 3 heteroatoms. The Hall–Kier alpha value is -0.490. The third-order valence-corrected chi connectivity index (χ3v) is 2.21. The predicted molar refractivity (Wildman–Crippen MR) is 54.0 cm³/mol. The minimum atomic E-state index is -2.80. The standard InChI is InChI=1S/C10H13F2P/c1-2-3-8-4-6-9(7-5-8)10(11,12)13/h4-7H,2-3,13H2,1H3. The maximum absolute atomic E-state index is 12.7. The summed E-state index contributed by atoms with van der Waals surface area (Å²) in [5.41, 5.74) is -1.64. The first kappa shape index (κ1) is 10.6. The molecule has 0 saturated heterocycles. The lowest BCUT2D eigenvalue weighted by atomic mass is 10.1. The molecule has 0 aliphatic heterocycles. The highest BCUT2D eigenvalue weighted by Crippen LogP contribution is 2.34. The first-order valence-corrected chi connectivity index (χ1v) is 4.88.